The topological polar surface area (TPSA) is 170 Å². The average Bonchev–Trinajstić information content (AvgIpc) is 2.49. The summed E-state index contributed by atoms with van der Waals surface area (Å²) in [4.78, 5) is 45.5. The van der Waals surface area contributed by atoms with Crippen LogP contribution in [0.1, 0.15) is 65.7 Å². The highest BCUT2D eigenvalue weighted by Crippen LogP contribution is 2.12. The first kappa shape index (κ1) is 25.0. The highest BCUT2D eigenvalue weighted by atomic mass is 16.2. The summed E-state index contributed by atoms with van der Waals surface area (Å²) in [5, 5.41) is 5.86. The van der Waals surface area contributed by atoms with Gasteiger partial charge in [-0.3, -0.25) is 19.2 Å². The van der Waals surface area contributed by atoms with Gasteiger partial charge in [0.15, 0.2) is 5.78 Å². The van der Waals surface area contributed by atoms with Crippen molar-refractivity contribution in [1.82, 2.24) is 10.6 Å². The smallest absolute Gasteiger partial charge is 0.219 e. The summed E-state index contributed by atoms with van der Waals surface area (Å²) < 4.78 is 0. The van der Waals surface area contributed by atoms with Crippen LogP contribution in [0, 0.1) is 0 Å². The molecule has 0 saturated heterocycles. The number of unbranched alkanes of at least 4 members (excludes halogenated alkanes) is 1. The number of ketones is 1. The van der Waals surface area contributed by atoms with E-state index in [9.17, 15) is 19.2 Å². The van der Waals surface area contributed by atoms with Crippen molar-refractivity contribution >= 4 is 23.5 Å². The van der Waals surface area contributed by atoms with E-state index in [0.29, 0.717) is 19.4 Å². The largest absolute Gasteiger partial charge is 0.370 e. The molecule has 0 aromatic heterocycles. The third kappa shape index (κ3) is 12.9. The molecular formula is C18H35N5O4. The molecule has 27 heavy (non-hydrogen) atoms. The number of amides is 3. The minimum absolute atomic E-state index is 0.00623. The SMILES string of the molecule is CC(=O)NC(CCC(=O)C(C)(C)NCCCCC(N)CC(N)=O)CC(N)=O. The molecule has 2 unspecified atom stereocenters. The molecule has 0 rings (SSSR count). The number of hydrogen-bond acceptors (Lipinski definition) is 6. The summed E-state index contributed by atoms with van der Waals surface area (Å²) in [7, 11) is 0. The van der Waals surface area contributed by atoms with E-state index < -0.39 is 23.4 Å². The van der Waals surface area contributed by atoms with Crippen LogP contribution in [0.3, 0.4) is 0 Å². The standard InChI is InChI=1S/C18H35N5O4/c1-12(24)23-14(11-17(21)27)7-8-15(25)18(2,3)22-9-5-4-6-13(19)10-16(20)26/h13-14,22H,4-11,19H2,1-3H3,(H2,20,26)(H2,21,27)(H,23,24). The number of carbonyl (C=O) groups excluding carboxylic acids is 4. The van der Waals surface area contributed by atoms with E-state index in [1.54, 1.807) is 13.8 Å². The number of rotatable bonds is 15. The van der Waals surface area contributed by atoms with E-state index in [4.69, 9.17) is 17.2 Å². The fourth-order valence-corrected chi connectivity index (χ4v) is 2.76. The van der Waals surface area contributed by atoms with Crippen LogP contribution in [-0.4, -0.2) is 47.7 Å². The maximum atomic E-state index is 12.5. The quantitative estimate of drug-likeness (QED) is 0.237. The van der Waals surface area contributed by atoms with Gasteiger partial charge >= 0.3 is 0 Å². The van der Waals surface area contributed by atoms with Gasteiger partial charge in [0.1, 0.15) is 0 Å². The lowest BCUT2D eigenvalue weighted by Gasteiger charge is -2.26. The lowest BCUT2D eigenvalue weighted by atomic mass is 9.93. The number of carbonyl (C=O) groups is 4. The molecule has 9 heteroatoms. The Labute approximate surface area is 161 Å². The van der Waals surface area contributed by atoms with Crippen molar-refractivity contribution in [2.45, 2.75) is 83.3 Å². The fourth-order valence-electron chi connectivity index (χ4n) is 2.76. The van der Waals surface area contributed by atoms with Crippen molar-refractivity contribution in [3.05, 3.63) is 0 Å². The number of nitrogens with one attached hydrogen (secondary N) is 2. The molecule has 0 aromatic rings. The van der Waals surface area contributed by atoms with E-state index in [1.165, 1.54) is 6.92 Å². The van der Waals surface area contributed by atoms with Gasteiger partial charge in [-0.05, 0) is 39.7 Å². The molecule has 8 N–H and O–H groups in total. The van der Waals surface area contributed by atoms with E-state index in [2.05, 4.69) is 10.6 Å². The number of nitrogens with two attached hydrogens (primary N) is 3. The molecule has 156 valence electrons. The van der Waals surface area contributed by atoms with Gasteiger partial charge in [-0.25, -0.2) is 0 Å². The first-order valence-electron chi connectivity index (χ1n) is 9.31. The Balaban J connectivity index is 4.24. The molecule has 2 atom stereocenters. The number of hydrogen-bond donors (Lipinski definition) is 5. The molecule has 0 fully saturated rings. The molecule has 0 bridgehead atoms. The molecular weight excluding hydrogens is 350 g/mol. The monoisotopic (exact) mass is 385 g/mol. The van der Waals surface area contributed by atoms with Crippen LogP contribution < -0.4 is 27.8 Å². The zero-order valence-electron chi connectivity index (χ0n) is 16.7. The van der Waals surface area contributed by atoms with Crippen molar-refractivity contribution in [3.63, 3.8) is 0 Å². The second-order valence-electron chi connectivity index (χ2n) is 7.51. The molecule has 3 amide bonds. The van der Waals surface area contributed by atoms with Crippen molar-refractivity contribution in [2.75, 3.05) is 6.54 Å². The van der Waals surface area contributed by atoms with Crippen LogP contribution >= 0.6 is 0 Å². The first-order chi connectivity index (χ1) is 12.4. The van der Waals surface area contributed by atoms with Gasteiger partial charge in [0.2, 0.25) is 17.7 Å². The summed E-state index contributed by atoms with van der Waals surface area (Å²) in [6.07, 6.45) is 3.11. The van der Waals surface area contributed by atoms with Gasteiger partial charge in [-0.15, -0.1) is 0 Å². The van der Waals surface area contributed by atoms with Crippen molar-refractivity contribution < 1.29 is 19.2 Å². The molecule has 0 aliphatic carbocycles. The summed E-state index contributed by atoms with van der Waals surface area (Å²) >= 11 is 0. The Morgan fingerprint density at radius 1 is 0.963 bits per heavy atom. The molecule has 0 aliphatic heterocycles. The molecule has 9 nitrogen and oxygen atoms in total. The molecule has 0 saturated carbocycles. The summed E-state index contributed by atoms with van der Waals surface area (Å²) in [6.45, 7) is 5.60. The zero-order valence-corrected chi connectivity index (χ0v) is 16.7. The van der Waals surface area contributed by atoms with E-state index >= 15 is 0 Å². The van der Waals surface area contributed by atoms with Gasteiger partial charge < -0.3 is 27.8 Å². The molecule has 0 spiro atoms. The Kier molecular flexibility index (Phi) is 11.5. The lowest BCUT2D eigenvalue weighted by molar-refractivity contribution is -0.126. The second-order valence-corrected chi connectivity index (χ2v) is 7.51. The molecule has 0 radical (unpaired) electrons. The number of primary amides is 2. The predicted molar refractivity (Wildman–Crippen MR) is 103 cm³/mol. The maximum absolute atomic E-state index is 12.5. The Morgan fingerprint density at radius 2 is 1.56 bits per heavy atom. The van der Waals surface area contributed by atoms with Gasteiger partial charge in [0.25, 0.3) is 0 Å². The van der Waals surface area contributed by atoms with E-state index in [1.807, 2.05) is 0 Å². The lowest BCUT2D eigenvalue weighted by Crippen LogP contribution is -2.47. The van der Waals surface area contributed by atoms with Crippen molar-refractivity contribution in [2.24, 2.45) is 17.2 Å². The van der Waals surface area contributed by atoms with Crippen LogP contribution in [0.2, 0.25) is 0 Å². The second kappa shape index (κ2) is 12.4. The van der Waals surface area contributed by atoms with Crippen LogP contribution in [0.4, 0.5) is 0 Å². The Morgan fingerprint density at radius 3 is 2.07 bits per heavy atom. The zero-order chi connectivity index (χ0) is 21.0. The Hall–Kier alpha value is -2.00. The van der Waals surface area contributed by atoms with Crippen LogP contribution in [0.5, 0.6) is 0 Å². The predicted octanol–water partition coefficient (Wildman–Crippen LogP) is -0.543. The maximum Gasteiger partial charge on any atom is 0.219 e. The molecule has 0 aromatic carbocycles. The number of Topliss-reactive ketones (excluding diaryl/α,β-unsaturated/α-hetero) is 1. The third-order valence-corrected chi connectivity index (χ3v) is 4.30. The van der Waals surface area contributed by atoms with E-state index in [0.717, 1.165) is 12.8 Å². The van der Waals surface area contributed by atoms with Gasteiger partial charge in [0.05, 0.1) is 5.54 Å². The van der Waals surface area contributed by atoms with Crippen molar-refractivity contribution in [3.8, 4) is 0 Å². The van der Waals surface area contributed by atoms with Crippen LogP contribution in [-0.2, 0) is 19.2 Å². The molecule has 0 heterocycles. The Bertz CT molecular complexity index is 506. The van der Waals surface area contributed by atoms with Crippen LogP contribution in [0.15, 0.2) is 0 Å². The first-order valence-corrected chi connectivity index (χ1v) is 9.31. The van der Waals surface area contributed by atoms with Gasteiger partial charge in [-0.1, -0.05) is 6.42 Å². The third-order valence-electron chi connectivity index (χ3n) is 4.30. The highest BCUT2D eigenvalue weighted by molar-refractivity contribution is 5.87. The summed E-state index contributed by atoms with van der Waals surface area (Å²) in [6, 6.07) is -0.667. The molecule has 0 aliphatic rings. The minimum atomic E-state index is -0.719. The van der Waals surface area contributed by atoms with Crippen molar-refractivity contribution in [1.29, 1.82) is 0 Å². The fraction of sp³-hybridized carbons (Fsp3) is 0.778. The summed E-state index contributed by atoms with van der Waals surface area (Å²) in [5.74, 6) is -1.19. The van der Waals surface area contributed by atoms with Crippen LogP contribution in [0.25, 0.3) is 0 Å². The summed E-state index contributed by atoms with van der Waals surface area (Å²) in [5.41, 5.74) is 15.4. The van der Waals surface area contributed by atoms with E-state index in [-0.39, 0.29) is 37.0 Å². The van der Waals surface area contributed by atoms with Gasteiger partial charge in [-0.2, -0.15) is 0 Å². The highest BCUT2D eigenvalue weighted by Gasteiger charge is 2.27. The minimum Gasteiger partial charge on any atom is -0.370 e. The average molecular weight is 386 g/mol. The van der Waals surface area contributed by atoms with Gasteiger partial charge in [0, 0.05) is 38.3 Å². The normalized spacial score (nSPS) is 13.6.